The molecule has 0 spiro atoms. The van der Waals surface area contributed by atoms with Gasteiger partial charge in [0.2, 0.25) is 5.91 Å². The Morgan fingerprint density at radius 3 is 2.37 bits per heavy atom. The summed E-state index contributed by atoms with van der Waals surface area (Å²) in [5.74, 6) is 0.185. The Hall–Kier alpha value is -0.830. The van der Waals surface area contributed by atoms with Crippen molar-refractivity contribution < 1.29 is 4.79 Å². The Morgan fingerprint density at radius 2 is 1.89 bits per heavy atom. The first-order valence-electron chi connectivity index (χ1n) is 7.55. The highest BCUT2D eigenvalue weighted by molar-refractivity contribution is 5.83. The van der Waals surface area contributed by atoms with Crippen LogP contribution >= 0.6 is 0 Å². The molecule has 19 heavy (non-hydrogen) atoms. The summed E-state index contributed by atoms with van der Waals surface area (Å²) < 4.78 is 0. The van der Waals surface area contributed by atoms with Crippen molar-refractivity contribution in [1.29, 1.82) is 0 Å². The van der Waals surface area contributed by atoms with Gasteiger partial charge in [0.15, 0.2) is 0 Å². The number of likely N-dealkylation sites (N-methyl/N-ethyl adjacent to an activating group) is 2. The molecule has 110 valence electrons. The van der Waals surface area contributed by atoms with Gasteiger partial charge in [-0.3, -0.25) is 4.79 Å². The van der Waals surface area contributed by atoms with Crippen LogP contribution in [-0.2, 0) is 4.79 Å². The molecule has 3 nitrogen and oxygen atoms in total. The van der Waals surface area contributed by atoms with Gasteiger partial charge in [0.1, 0.15) is 0 Å². The first kappa shape index (κ1) is 16.2. The maximum Gasteiger partial charge on any atom is 0.232 e. The van der Waals surface area contributed by atoms with E-state index in [0.29, 0.717) is 0 Å². The van der Waals surface area contributed by atoms with Crippen molar-refractivity contribution in [3.05, 3.63) is 12.7 Å². The summed E-state index contributed by atoms with van der Waals surface area (Å²) in [6, 6.07) is 0.723. The largest absolute Gasteiger partial charge is 0.341 e. The maximum atomic E-state index is 12.4. The molecule has 1 fully saturated rings. The highest BCUT2D eigenvalue weighted by atomic mass is 16.2. The lowest BCUT2D eigenvalue weighted by atomic mass is 9.92. The van der Waals surface area contributed by atoms with Crippen molar-refractivity contribution in [3.63, 3.8) is 0 Å². The fourth-order valence-corrected chi connectivity index (χ4v) is 2.70. The third-order valence-electron chi connectivity index (χ3n) is 4.40. The molecule has 1 aliphatic rings. The fraction of sp³-hybridized carbons (Fsp3) is 0.812. The van der Waals surface area contributed by atoms with Crippen LogP contribution in [-0.4, -0.2) is 48.4 Å². The van der Waals surface area contributed by atoms with E-state index in [0.717, 1.165) is 25.7 Å². The summed E-state index contributed by atoms with van der Waals surface area (Å²) in [7, 11) is 2.19. The van der Waals surface area contributed by atoms with Crippen LogP contribution in [0, 0.1) is 5.41 Å². The van der Waals surface area contributed by atoms with Gasteiger partial charge in [-0.1, -0.05) is 18.9 Å². The molecule has 0 aliphatic heterocycles. The van der Waals surface area contributed by atoms with Crippen LogP contribution in [0.1, 0.15) is 46.5 Å². The van der Waals surface area contributed by atoms with Gasteiger partial charge in [0.25, 0.3) is 0 Å². The lowest BCUT2D eigenvalue weighted by molar-refractivity contribution is -0.138. The van der Waals surface area contributed by atoms with E-state index in [1.807, 2.05) is 25.7 Å². The van der Waals surface area contributed by atoms with Crippen molar-refractivity contribution in [1.82, 2.24) is 9.80 Å². The summed E-state index contributed by atoms with van der Waals surface area (Å²) in [5, 5.41) is 0. The zero-order valence-corrected chi connectivity index (χ0v) is 13.1. The van der Waals surface area contributed by atoms with Crippen LogP contribution in [0.2, 0.25) is 0 Å². The van der Waals surface area contributed by atoms with Gasteiger partial charge in [-0.25, -0.2) is 0 Å². The smallest absolute Gasteiger partial charge is 0.232 e. The number of carbonyl (C=O) groups excluding carboxylic acids is 1. The van der Waals surface area contributed by atoms with Crippen LogP contribution in [0.3, 0.4) is 0 Å². The monoisotopic (exact) mass is 266 g/mol. The molecule has 0 aromatic carbocycles. The minimum absolute atomic E-state index is 0.185. The number of rotatable bonds is 7. The standard InChI is InChI=1S/C16H30N2O/c1-6-16(3,4)15(19)18(7-2)13-12-17(5)14-10-8-9-11-14/h6,14H,1,7-13H2,2-5H3. The lowest BCUT2D eigenvalue weighted by Gasteiger charge is -2.32. The number of amides is 1. The third kappa shape index (κ3) is 4.34. The molecule has 1 rings (SSSR count). The molecular formula is C16H30N2O. The number of hydrogen-bond donors (Lipinski definition) is 0. The molecule has 0 unspecified atom stereocenters. The predicted octanol–water partition coefficient (Wildman–Crippen LogP) is 2.92. The number of hydrogen-bond acceptors (Lipinski definition) is 2. The third-order valence-corrected chi connectivity index (χ3v) is 4.40. The molecular weight excluding hydrogens is 236 g/mol. The summed E-state index contributed by atoms with van der Waals surface area (Å²) in [4.78, 5) is 16.8. The fourth-order valence-electron chi connectivity index (χ4n) is 2.70. The van der Waals surface area contributed by atoms with E-state index in [-0.39, 0.29) is 5.91 Å². The van der Waals surface area contributed by atoms with Crippen molar-refractivity contribution in [3.8, 4) is 0 Å². The average molecular weight is 266 g/mol. The van der Waals surface area contributed by atoms with Crippen LogP contribution in [0.5, 0.6) is 0 Å². The van der Waals surface area contributed by atoms with Gasteiger partial charge in [-0.2, -0.15) is 0 Å². The predicted molar refractivity (Wildman–Crippen MR) is 81.1 cm³/mol. The summed E-state index contributed by atoms with van der Waals surface area (Å²) in [5.41, 5.74) is -0.456. The molecule has 0 atom stereocenters. The lowest BCUT2D eigenvalue weighted by Crippen LogP contribution is -2.44. The zero-order chi connectivity index (χ0) is 14.5. The van der Waals surface area contributed by atoms with Gasteiger partial charge in [0.05, 0.1) is 5.41 Å². The first-order chi connectivity index (χ1) is 8.92. The van der Waals surface area contributed by atoms with Crippen molar-refractivity contribution in [2.24, 2.45) is 5.41 Å². The molecule has 0 radical (unpaired) electrons. The second kappa shape index (κ2) is 7.09. The Kier molecular flexibility index (Phi) is 6.05. The Balaban J connectivity index is 2.48. The van der Waals surface area contributed by atoms with Gasteiger partial charge in [-0.05, 0) is 40.7 Å². The zero-order valence-electron chi connectivity index (χ0n) is 13.1. The molecule has 1 saturated carbocycles. The Bertz CT molecular complexity index is 306. The summed E-state index contributed by atoms with van der Waals surface area (Å²) in [6.45, 7) is 12.3. The second-order valence-electron chi connectivity index (χ2n) is 6.23. The minimum Gasteiger partial charge on any atom is -0.341 e. The molecule has 1 aliphatic carbocycles. The molecule has 0 aromatic rings. The van der Waals surface area contributed by atoms with E-state index < -0.39 is 5.41 Å². The summed E-state index contributed by atoms with van der Waals surface area (Å²) >= 11 is 0. The van der Waals surface area contributed by atoms with Crippen LogP contribution in [0.25, 0.3) is 0 Å². The normalized spacial score (nSPS) is 16.9. The van der Waals surface area contributed by atoms with Gasteiger partial charge in [0, 0.05) is 25.7 Å². The number of nitrogens with zero attached hydrogens (tertiary/aromatic N) is 2. The minimum atomic E-state index is -0.456. The van der Waals surface area contributed by atoms with Crippen molar-refractivity contribution in [2.45, 2.75) is 52.5 Å². The van der Waals surface area contributed by atoms with E-state index in [9.17, 15) is 4.79 Å². The highest BCUT2D eigenvalue weighted by Crippen LogP contribution is 2.23. The highest BCUT2D eigenvalue weighted by Gasteiger charge is 2.28. The summed E-state index contributed by atoms with van der Waals surface area (Å²) in [6.07, 6.45) is 7.09. The van der Waals surface area contributed by atoms with Gasteiger partial charge in [-0.15, -0.1) is 6.58 Å². The number of carbonyl (C=O) groups is 1. The Labute approximate surface area is 118 Å². The van der Waals surface area contributed by atoms with Crippen molar-refractivity contribution >= 4 is 5.91 Å². The average Bonchev–Trinajstić information content (AvgIpc) is 2.92. The quantitative estimate of drug-likeness (QED) is 0.662. The molecule has 3 heteroatoms. The topological polar surface area (TPSA) is 23.6 Å². The van der Waals surface area contributed by atoms with Gasteiger partial charge < -0.3 is 9.80 Å². The van der Waals surface area contributed by atoms with Crippen LogP contribution in [0.4, 0.5) is 0 Å². The van der Waals surface area contributed by atoms with Crippen LogP contribution in [0.15, 0.2) is 12.7 Å². The second-order valence-corrected chi connectivity index (χ2v) is 6.23. The molecule has 1 amide bonds. The molecule has 0 bridgehead atoms. The van der Waals surface area contributed by atoms with E-state index in [4.69, 9.17) is 0 Å². The van der Waals surface area contributed by atoms with E-state index >= 15 is 0 Å². The molecule has 0 aromatic heterocycles. The van der Waals surface area contributed by atoms with E-state index in [2.05, 4.69) is 18.5 Å². The molecule has 0 N–H and O–H groups in total. The van der Waals surface area contributed by atoms with Gasteiger partial charge >= 0.3 is 0 Å². The van der Waals surface area contributed by atoms with E-state index in [1.54, 1.807) is 6.08 Å². The van der Waals surface area contributed by atoms with Crippen LogP contribution < -0.4 is 0 Å². The molecule has 0 heterocycles. The van der Waals surface area contributed by atoms with Crippen molar-refractivity contribution in [2.75, 3.05) is 26.7 Å². The Morgan fingerprint density at radius 1 is 1.32 bits per heavy atom. The first-order valence-corrected chi connectivity index (χ1v) is 7.55. The molecule has 0 saturated heterocycles. The SMILES string of the molecule is C=CC(C)(C)C(=O)N(CC)CCN(C)C1CCCC1. The maximum absolute atomic E-state index is 12.4. The van der Waals surface area contributed by atoms with E-state index in [1.165, 1.54) is 25.7 Å².